The van der Waals surface area contributed by atoms with Crippen LogP contribution in [0, 0.1) is 12.8 Å². The van der Waals surface area contributed by atoms with Crippen LogP contribution in [0.2, 0.25) is 0 Å². The number of aromatic nitrogens is 3. The lowest BCUT2D eigenvalue weighted by molar-refractivity contribution is 0.575. The Morgan fingerprint density at radius 2 is 2.39 bits per heavy atom. The number of halogens is 1. The normalized spacial score (nSPS) is 19.9. The standard InChI is InChI=1S/C12H15BrN4S/c1-8-10-11(14-7-15-12(10)18-16-8)17-5-3-9(6-17)2-4-13/h7,9H,2-6H2,1H3. The second-order valence-electron chi connectivity index (χ2n) is 4.72. The predicted molar refractivity (Wildman–Crippen MR) is 78.7 cm³/mol. The smallest absolute Gasteiger partial charge is 0.149 e. The van der Waals surface area contributed by atoms with Crippen molar-refractivity contribution in [3.05, 3.63) is 12.0 Å². The zero-order chi connectivity index (χ0) is 12.5. The topological polar surface area (TPSA) is 41.9 Å². The van der Waals surface area contributed by atoms with Crippen LogP contribution in [0.15, 0.2) is 6.33 Å². The molecule has 0 amide bonds. The highest BCUT2D eigenvalue weighted by Crippen LogP contribution is 2.32. The summed E-state index contributed by atoms with van der Waals surface area (Å²) in [6.45, 7) is 4.24. The molecule has 1 aliphatic heterocycles. The number of hydrogen-bond donors (Lipinski definition) is 0. The molecule has 2 aromatic heterocycles. The lowest BCUT2D eigenvalue weighted by atomic mass is 10.1. The third-order valence-electron chi connectivity index (χ3n) is 3.53. The van der Waals surface area contributed by atoms with Gasteiger partial charge in [-0.3, -0.25) is 0 Å². The van der Waals surface area contributed by atoms with Crippen molar-refractivity contribution in [2.24, 2.45) is 5.92 Å². The second kappa shape index (κ2) is 5.09. The molecule has 0 saturated carbocycles. The molecule has 2 aromatic rings. The fourth-order valence-electron chi connectivity index (χ4n) is 2.56. The van der Waals surface area contributed by atoms with Gasteiger partial charge in [0.25, 0.3) is 0 Å². The van der Waals surface area contributed by atoms with E-state index in [2.05, 4.69) is 35.2 Å². The second-order valence-corrected chi connectivity index (χ2v) is 6.27. The van der Waals surface area contributed by atoms with E-state index in [-0.39, 0.29) is 0 Å². The van der Waals surface area contributed by atoms with Crippen LogP contribution in [0.3, 0.4) is 0 Å². The van der Waals surface area contributed by atoms with E-state index in [1.807, 2.05) is 6.92 Å². The molecule has 96 valence electrons. The van der Waals surface area contributed by atoms with Gasteiger partial charge in [-0.1, -0.05) is 15.9 Å². The Hall–Kier alpha value is -0.750. The Morgan fingerprint density at radius 3 is 3.22 bits per heavy atom. The Kier molecular flexibility index (Phi) is 3.48. The molecule has 1 atom stereocenters. The molecule has 1 saturated heterocycles. The van der Waals surface area contributed by atoms with Crippen molar-refractivity contribution in [2.45, 2.75) is 19.8 Å². The summed E-state index contributed by atoms with van der Waals surface area (Å²) >= 11 is 4.99. The van der Waals surface area contributed by atoms with Crippen molar-refractivity contribution in [3.63, 3.8) is 0 Å². The number of rotatable bonds is 3. The van der Waals surface area contributed by atoms with Crippen LogP contribution < -0.4 is 4.90 Å². The zero-order valence-electron chi connectivity index (χ0n) is 10.3. The summed E-state index contributed by atoms with van der Waals surface area (Å²) in [5.74, 6) is 1.85. The van der Waals surface area contributed by atoms with Crippen molar-refractivity contribution in [1.82, 2.24) is 14.3 Å². The maximum absolute atomic E-state index is 4.49. The molecule has 0 aliphatic carbocycles. The van der Waals surface area contributed by atoms with E-state index in [9.17, 15) is 0 Å². The van der Waals surface area contributed by atoms with Gasteiger partial charge in [-0.05, 0) is 37.2 Å². The number of anilines is 1. The lowest BCUT2D eigenvalue weighted by Crippen LogP contribution is -2.21. The van der Waals surface area contributed by atoms with E-state index in [1.54, 1.807) is 6.33 Å². The number of aryl methyl sites for hydroxylation is 1. The molecule has 4 nitrogen and oxygen atoms in total. The molecular formula is C12H15BrN4S. The van der Waals surface area contributed by atoms with E-state index in [0.29, 0.717) is 0 Å². The van der Waals surface area contributed by atoms with Gasteiger partial charge in [0.2, 0.25) is 0 Å². The average Bonchev–Trinajstić information content (AvgIpc) is 2.98. The summed E-state index contributed by atoms with van der Waals surface area (Å²) in [6, 6.07) is 0. The molecule has 6 heteroatoms. The first-order valence-electron chi connectivity index (χ1n) is 6.17. The zero-order valence-corrected chi connectivity index (χ0v) is 12.7. The van der Waals surface area contributed by atoms with Crippen molar-refractivity contribution >= 4 is 43.5 Å². The first kappa shape index (κ1) is 12.3. The average molecular weight is 327 g/mol. The van der Waals surface area contributed by atoms with Crippen LogP contribution >= 0.6 is 27.5 Å². The summed E-state index contributed by atoms with van der Waals surface area (Å²) in [5.41, 5.74) is 1.05. The molecule has 18 heavy (non-hydrogen) atoms. The van der Waals surface area contributed by atoms with Crippen LogP contribution in [0.25, 0.3) is 10.2 Å². The largest absolute Gasteiger partial charge is 0.356 e. The van der Waals surface area contributed by atoms with Crippen molar-refractivity contribution in [1.29, 1.82) is 0 Å². The summed E-state index contributed by atoms with van der Waals surface area (Å²) in [7, 11) is 0. The SMILES string of the molecule is Cc1nsc2ncnc(N3CCC(CCBr)C3)c12. The van der Waals surface area contributed by atoms with Gasteiger partial charge >= 0.3 is 0 Å². The molecule has 0 aromatic carbocycles. The van der Waals surface area contributed by atoms with E-state index < -0.39 is 0 Å². The highest BCUT2D eigenvalue weighted by molar-refractivity contribution is 9.09. The van der Waals surface area contributed by atoms with E-state index in [1.165, 1.54) is 24.4 Å². The fraction of sp³-hybridized carbons (Fsp3) is 0.583. The molecule has 0 bridgehead atoms. The minimum absolute atomic E-state index is 0.779. The van der Waals surface area contributed by atoms with Gasteiger partial charge in [0.15, 0.2) is 0 Å². The number of fused-ring (bicyclic) bond motifs is 1. The van der Waals surface area contributed by atoms with Gasteiger partial charge in [0.05, 0.1) is 11.1 Å². The fourth-order valence-corrected chi connectivity index (χ4v) is 3.95. The molecule has 0 radical (unpaired) electrons. The van der Waals surface area contributed by atoms with Crippen LogP contribution in [-0.2, 0) is 0 Å². The predicted octanol–water partition coefficient (Wildman–Crippen LogP) is 3.01. The number of alkyl halides is 1. The monoisotopic (exact) mass is 326 g/mol. The van der Waals surface area contributed by atoms with Crippen molar-refractivity contribution < 1.29 is 0 Å². The molecule has 3 heterocycles. The molecule has 1 fully saturated rings. The Morgan fingerprint density at radius 1 is 1.50 bits per heavy atom. The Labute approximate surface area is 119 Å². The molecule has 0 N–H and O–H groups in total. The number of nitrogens with zero attached hydrogens (tertiary/aromatic N) is 4. The summed E-state index contributed by atoms with van der Waals surface area (Å²) in [6.07, 6.45) is 4.16. The van der Waals surface area contributed by atoms with Crippen molar-refractivity contribution in [3.8, 4) is 0 Å². The summed E-state index contributed by atoms with van der Waals surface area (Å²) in [4.78, 5) is 12.2. The molecular weight excluding hydrogens is 312 g/mol. The molecule has 3 rings (SSSR count). The highest BCUT2D eigenvalue weighted by atomic mass is 79.9. The summed E-state index contributed by atoms with van der Waals surface area (Å²) < 4.78 is 4.39. The highest BCUT2D eigenvalue weighted by Gasteiger charge is 2.25. The van der Waals surface area contributed by atoms with Gasteiger partial charge in [-0.25, -0.2) is 9.97 Å². The van der Waals surface area contributed by atoms with Crippen LogP contribution in [0.5, 0.6) is 0 Å². The Bertz CT molecular complexity index is 556. The van der Waals surface area contributed by atoms with Gasteiger partial charge in [0.1, 0.15) is 17.0 Å². The number of hydrogen-bond acceptors (Lipinski definition) is 5. The van der Waals surface area contributed by atoms with E-state index in [4.69, 9.17) is 0 Å². The lowest BCUT2D eigenvalue weighted by Gasteiger charge is -2.18. The van der Waals surface area contributed by atoms with Gasteiger partial charge in [-0.2, -0.15) is 4.37 Å². The van der Waals surface area contributed by atoms with E-state index >= 15 is 0 Å². The molecule has 1 unspecified atom stereocenters. The van der Waals surface area contributed by atoms with Gasteiger partial charge in [-0.15, -0.1) is 0 Å². The maximum atomic E-state index is 4.49. The molecule has 0 spiro atoms. The third kappa shape index (κ3) is 2.12. The first-order chi connectivity index (χ1) is 8.79. The molecule has 1 aliphatic rings. The van der Waals surface area contributed by atoms with E-state index in [0.717, 1.165) is 46.1 Å². The first-order valence-corrected chi connectivity index (χ1v) is 8.07. The summed E-state index contributed by atoms with van der Waals surface area (Å²) in [5, 5.41) is 2.23. The van der Waals surface area contributed by atoms with Crippen LogP contribution in [0.1, 0.15) is 18.5 Å². The van der Waals surface area contributed by atoms with Crippen LogP contribution in [-0.4, -0.2) is 32.8 Å². The maximum Gasteiger partial charge on any atom is 0.149 e. The Balaban J connectivity index is 1.93. The van der Waals surface area contributed by atoms with Crippen LogP contribution in [0.4, 0.5) is 5.82 Å². The van der Waals surface area contributed by atoms with Gasteiger partial charge in [0, 0.05) is 18.4 Å². The minimum Gasteiger partial charge on any atom is -0.356 e. The van der Waals surface area contributed by atoms with Gasteiger partial charge < -0.3 is 4.90 Å². The minimum atomic E-state index is 0.779. The van der Waals surface area contributed by atoms with Crippen molar-refractivity contribution in [2.75, 3.05) is 23.3 Å². The third-order valence-corrected chi connectivity index (χ3v) is 4.83. The quantitative estimate of drug-likeness (QED) is 0.813.